The molecule has 1 aromatic carbocycles. The fraction of sp³-hybridized carbons (Fsp3) is 0.533. The van der Waals surface area contributed by atoms with Gasteiger partial charge in [-0.25, -0.2) is 0 Å². The third-order valence-electron chi connectivity index (χ3n) is 3.54. The fourth-order valence-electron chi connectivity index (χ4n) is 2.47. The molecule has 0 aromatic heterocycles. The van der Waals surface area contributed by atoms with Crippen LogP contribution >= 0.6 is 27.5 Å². The Hall–Kier alpha value is -0.780. The molecule has 1 aromatic rings. The molecule has 1 amide bonds. The summed E-state index contributed by atoms with van der Waals surface area (Å²) in [6.45, 7) is 5.46. The van der Waals surface area contributed by atoms with Crippen LogP contribution in [0.2, 0.25) is 5.02 Å². The van der Waals surface area contributed by atoms with E-state index in [1.165, 1.54) is 0 Å². The van der Waals surface area contributed by atoms with Crippen molar-refractivity contribution >= 4 is 39.1 Å². The lowest BCUT2D eigenvalue weighted by atomic mass is 9.94. The number of ether oxygens (including phenoxy) is 1. The van der Waals surface area contributed by atoms with Crippen LogP contribution in [0.25, 0.3) is 0 Å². The lowest BCUT2D eigenvalue weighted by molar-refractivity contribution is -0.119. The normalized spacial score (nSPS) is 21.9. The summed E-state index contributed by atoms with van der Waals surface area (Å²) in [7, 11) is 0. The van der Waals surface area contributed by atoms with Crippen molar-refractivity contribution in [1.82, 2.24) is 5.32 Å². The first kappa shape index (κ1) is 16.6. The van der Waals surface area contributed by atoms with E-state index in [1.807, 2.05) is 6.92 Å². The molecule has 2 unspecified atom stereocenters. The zero-order valence-corrected chi connectivity index (χ0v) is 14.6. The Balaban J connectivity index is 2.16. The third-order valence-corrected chi connectivity index (χ3v) is 4.34. The number of halogens is 2. The van der Waals surface area contributed by atoms with E-state index in [9.17, 15) is 4.79 Å². The van der Waals surface area contributed by atoms with E-state index in [1.54, 1.807) is 12.1 Å². The van der Waals surface area contributed by atoms with Crippen LogP contribution in [0.15, 0.2) is 16.6 Å². The average Bonchev–Trinajstić information content (AvgIpc) is 2.42. The summed E-state index contributed by atoms with van der Waals surface area (Å²) in [5.41, 5.74) is 0.598. The molecule has 0 bridgehead atoms. The van der Waals surface area contributed by atoms with Crippen LogP contribution in [0.3, 0.4) is 0 Å². The molecule has 2 rings (SSSR count). The molecule has 0 saturated carbocycles. The number of hydrogen-bond acceptors (Lipinski definition) is 3. The highest BCUT2D eigenvalue weighted by Crippen LogP contribution is 2.36. The number of benzene rings is 1. The first-order chi connectivity index (χ1) is 10.0. The Labute approximate surface area is 138 Å². The molecule has 4 nitrogen and oxygen atoms in total. The van der Waals surface area contributed by atoms with Gasteiger partial charge in [0.25, 0.3) is 0 Å². The van der Waals surface area contributed by atoms with Crippen LogP contribution in [-0.4, -0.2) is 25.1 Å². The quantitative estimate of drug-likeness (QED) is 0.841. The summed E-state index contributed by atoms with van der Waals surface area (Å²) in [5, 5.41) is 6.73. The highest BCUT2D eigenvalue weighted by molar-refractivity contribution is 9.10. The van der Waals surface area contributed by atoms with Crippen molar-refractivity contribution in [3.05, 3.63) is 21.6 Å². The second-order valence-corrected chi connectivity index (χ2v) is 6.61. The molecule has 1 fully saturated rings. The van der Waals surface area contributed by atoms with Gasteiger partial charge in [0.15, 0.2) is 5.75 Å². The monoisotopic (exact) mass is 374 g/mol. The number of hydrogen-bond donors (Lipinski definition) is 2. The molecule has 2 atom stereocenters. The summed E-state index contributed by atoms with van der Waals surface area (Å²) < 4.78 is 6.32. The highest BCUT2D eigenvalue weighted by Gasteiger charge is 2.25. The van der Waals surface area contributed by atoms with Crippen molar-refractivity contribution in [3.8, 4) is 5.75 Å². The first-order valence-corrected chi connectivity index (χ1v) is 8.34. The van der Waals surface area contributed by atoms with Gasteiger partial charge in [0, 0.05) is 5.02 Å². The van der Waals surface area contributed by atoms with Gasteiger partial charge >= 0.3 is 0 Å². The standard InChI is InChI=1S/C15H20BrClN2O2/c1-3-21-14-11(16)7-10(17)8-12(14)19-15(20)13-6-9(2)4-5-18-13/h7-9,13,18H,3-6H2,1-2H3,(H,19,20). The van der Waals surface area contributed by atoms with Gasteiger partial charge in [-0.3, -0.25) is 4.79 Å². The van der Waals surface area contributed by atoms with E-state index in [4.69, 9.17) is 16.3 Å². The van der Waals surface area contributed by atoms with Crippen molar-refractivity contribution in [2.24, 2.45) is 5.92 Å². The smallest absolute Gasteiger partial charge is 0.241 e. The molecule has 1 aliphatic rings. The molecule has 1 aliphatic heterocycles. The van der Waals surface area contributed by atoms with Crippen LogP contribution in [-0.2, 0) is 4.79 Å². The minimum Gasteiger partial charge on any atom is -0.491 e. The Morgan fingerprint density at radius 1 is 1.57 bits per heavy atom. The molecule has 21 heavy (non-hydrogen) atoms. The van der Waals surface area contributed by atoms with Crippen LogP contribution < -0.4 is 15.4 Å². The molecular weight excluding hydrogens is 356 g/mol. The molecular formula is C15H20BrClN2O2. The Bertz CT molecular complexity index is 525. The SMILES string of the molecule is CCOc1c(Br)cc(Cl)cc1NC(=O)C1CC(C)CCN1. The number of carbonyl (C=O) groups is 1. The van der Waals surface area contributed by atoms with Crippen molar-refractivity contribution in [2.45, 2.75) is 32.7 Å². The van der Waals surface area contributed by atoms with Crippen LogP contribution in [0, 0.1) is 5.92 Å². The van der Waals surface area contributed by atoms with Crippen molar-refractivity contribution in [2.75, 3.05) is 18.5 Å². The summed E-state index contributed by atoms with van der Waals surface area (Å²) in [6.07, 6.45) is 1.95. The number of carbonyl (C=O) groups excluding carboxylic acids is 1. The summed E-state index contributed by atoms with van der Waals surface area (Å²) in [6, 6.07) is 3.30. The third kappa shape index (κ3) is 4.34. The number of amides is 1. The first-order valence-electron chi connectivity index (χ1n) is 7.17. The minimum atomic E-state index is -0.166. The average molecular weight is 376 g/mol. The molecule has 6 heteroatoms. The number of piperidine rings is 1. The predicted octanol–water partition coefficient (Wildman–Crippen LogP) is 3.83. The lowest BCUT2D eigenvalue weighted by Crippen LogP contribution is -2.45. The summed E-state index contributed by atoms with van der Waals surface area (Å²) in [5.74, 6) is 1.12. The summed E-state index contributed by atoms with van der Waals surface area (Å²) >= 11 is 9.48. The van der Waals surface area contributed by atoms with E-state index < -0.39 is 0 Å². The minimum absolute atomic E-state index is 0.0448. The molecule has 2 N–H and O–H groups in total. The van der Waals surface area contributed by atoms with Crippen molar-refractivity contribution in [3.63, 3.8) is 0 Å². The Morgan fingerprint density at radius 3 is 3.00 bits per heavy atom. The largest absolute Gasteiger partial charge is 0.491 e. The number of anilines is 1. The van der Waals surface area contributed by atoms with E-state index in [0.717, 1.165) is 23.9 Å². The van der Waals surface area contributed by atoms with Gasteiger partial charge in [0.05, 0.1) is 22.8 Å². The van der Waals surface area contributed by atoms with Gasteiger partial charge < -0.3 is 15.4 Å². The van der Waals surface area contributed by atoms with Gasteiger partial charge in [-0.05, 0) is 60.3 Å². The highest BCUT2D eigenvalue weighted by atomic mass is 79.9. The van der Waals surface area contributed by atoms with Crippen LogP contribution in [0.5, 0.6) is 5.75 Å². The molecule has 1 saturated heterocycles. The summed E-state index contributed by atoms with van der Waals surface area (Å²) in [4.78, 5) is 12.4. The van der Waals surface area contributed by atoms with E-state index in [2.05, 4.69) is 33.5 Å². The second-order valence-electron chi connectivity index (χ2n) is 5.32. The van der Waals surface area contributed by atoms with E-state index in [0.29, 0.717) is 29.0 Å². The molecule has 1 heterocycles. The molecule has 116 valence electrons. The van der Waals surface area contributed by atoms with Gasteiger partial charge in [0.2, 0.25) is 5.91 Å². The zero-order chi connectivity index (χ0) is 15.4. The Kier molecular flexibility index (Phi) is 5.90. The number of rotatable bonds is 4. The predicted molar refractivity (Wildman–Crippen MR) is 89.1 cm³/mol. The van der Waals surface area contributed by atoms with Gasteiger partial charge in [-0.2, -0.15) is 0 Å². The lowest BCUT2D eigenvalue weighted by Gasteiger charge is -2.27. The zero-order valence-electron chi connectivity index (χ0n) is 12.2. The van der Waals surface area contributed by atoms with Crippen molar-refractivity contribution in [1.29, 1.82) is 0 Å². The van der Waals surface area contributed by atoms with Crippen LogP contribution in [0.1, 0.15) is 26.7 Å². The van der Waals surface area contributed by atoms with Gasteiger partial charge in [0.1, 0.15) is 0 Å². The second kappa shape index (κ2) is 7.47. The molecule has 0 spiro atoms. The fourth-order valence-corrected chi connectivity index (χ4v) is 3.40. The van der Waals surface area contributed by atoms with Gasteiger partial charge in [-0.15, -0.1) is 0 Å². The van der Waals surface area contributed by atoms with Crippen molar-refractivity contribution < 1.29 is 9.53 Å². The number of nitrogens with one attached hydrogen (secondary N) is 2. The topological polar surface area (TPSA) is 50.4 Å². The van der Waals surface area contributed by atoms with Crippen LogP contribution in [0.4, 0.5) is 5.69 Å². The van der Waals surface area contributed by atoms with Gasteiger partial charge in [-0.1, -0.05) is 18.5 Å². The van der Waals surface area contributed by atoms with E-state index in [-0.39, 0.29) is 11.9 Å². The Morgan fingerprint density at radius 2 is 2.33 bits per heavy atom. The molecule has 0 radical (unpaired) electrons. The maximum atomic E-state index is 12.4. The molecule has 0 aliphatic carbocycles. The maximum Gasteiger partial charge on any atom is 0.241 e. The van der Waals surface area contributed by atoms with E-state index >= 15 is 0 Å². The maximum absolute atomic E-state index is 12.4.